The number of rotatable bonds is 4. The Balaban J connectivity index is 2.04. The van der Waals surface area contributed by atoms with Crippen LogP contribution in [0.3, 0.4) is 0 Å². The van der Waals surface area contributed by atoms with Gasteiger partial charge in [0.1, 0.15) is 0 Å². The standard InChI is InChI=1S/C14H25N3S/c1-11-5-8-18-14(11)13(15-2)9-12-10-16(3)6-7-17(12)4/h5,8,12-13,15H,6-7,9-10H2,1-4H3. The molecule has 2 unspecified atom stereocenters. The average molecular weight is 267 g/mol. The molecule has 18 heavy (non-hydrogen) atoms. The number of nitrogens with zero attached hydrogens (tertiary/aromatic N) is 2. The third-order valence-electron chi connectivity index (χ3n) is 4.05. The molecule has 102 valence electrons. The Labute approximate surface area is 115 Å². The number of thiophene rings is 1. The Kier molecular flexibility index (Phi) is 4.78. The van der Waals surface area contributed by atoms with Crippen molar-refractivity contribution in [2.24, 2.45) is 0 Å². The topological polar surface area (TPSA) is 18.5 Å². The minimum Gasteiger partial charge on any atom is -0.312 e. The van der Waals surface area contributed by atoms with Crippen LogP contribution in [-0.2, 0) is 0 Å². The second-order valence-corrected chi connectivity index (χ2v) is 6.39. The van der Waals surface area contributed by atoms with E-state index in [2.05, 4.69) is 54.6 Å². The molecule has 0 saturated carbocycles. The number of hydrogen-bond donors (Lipinski definition) is 1. The Hall–Kier alpha value is -0.420. The van der Waals surface area contributed by atoms with Crippen molar-refractivity contribution < 1.29 is 0 Å². The quantitative estimate of drug-likeness (QED) is 0.899. The van der Waals surface area contributed by atoms with Crippen molar-refractivity contribution in [2.45, 2.75) is 25.4 Å². The lowest BCUT2D eigenvalue weighted by atomic mass is 10.0. The van der Waals surface area contributed by atoms with Gasteiger partial charge >= 0.3 is 0 Å². The Morgan fingerprint density at radius 3 is 2.83 bits per heavy atom. The summed E-state index contributed by atoms with van der Waals surface area (Å²) in [6, 6.07) is 3.37. The van der Waals surface area contributed by atoms with Crippen LogP contribution in [0.2, 0.25) is 0 Å². The summed E-state index contributed by atoms with van der Waals surface area (Å²) in [6.07, 6.45) is 1.19. The lowest BCUT2D eigenvalue weighted by molar-refractivity contribution is 0.102. The van der Waals surface area contributed by atoms with Crippen LogP contribution in [0.4, 0.5) is 0 Å². The minimum atomic E-state index is 0.490. The van der Waals surface area contributed by atoms with Crippen LogP contribution in [-0.4, -0.2) is 56.6 Å². The van der Waals surface area contributed by atoms with Gasteiger partial charge in [-0.2, -0.15) is 0 Å². The van der Waals surface area contributed by atoms with Gasteiger partial charge in [-0.3, -0.25) is 0 Å². The van der Waals surface area contributed by atoms with E-state index < -0.39 is 0 Å². The normalized spacial score (nSPS) is 24.3. The number of nitrogens with one attached hydrogen (secondary N) is 1. The highest BCUT2D eigenvalue weighted by molar-refractivity contribution is 7.10. The van der Waals surface area contributed by atoms with Crippen LogP contribution in [0.1, 0.15) is 22.9 Å². The predicted molar refractivity (Wildman–Crippen MR) is 79.4 cm³/mol. The fourth-order valence-corrected chi connectivity index (χ4v) is 3.78. The van der Waals surface area contributed by atoms with Crippen molar-refractivity contribution in [2.75, 3.05) is 40.8 Å². The summed E-state index contributed by atoms with van der Waals surface area (Å²) in [5.41, 5.74) is 1.42. The van der Waals surface area contributed by atoms with Crippen molar-refractivity contribution in [3.8, 4) is 0 Å². The zero-order chi connectivity index (χ0) is 13.1. The van der Waals surface area contributed by atoms with Crippen LogP contribution in [0, 0.1) is 6.92 Å². The molecule has 4 heteroatoms. The lowest BCUT2D eigenvalue weighted by Gasteiger charge is -2.39. The van der Waals surface area contributed by atoms with E-state index >= 15 is 0 Å². The molecule has 0 aromatic carbocycles. The predicted octanol–water partition coefficient (Wildman–Crippen LogP) is 1.95. The summed E-state index contributed by atoms with van der Waals surface area (Å²) in [4.78, 5) is 6.45. The molecule has 1 fully saturated rings. The maximum absolute atomic E-state index is 3.49. The van der Waals surface area contributed by atoms with Gasteiger partial charge in [0.2, 0.25) is 0 Å². The van der Waals surface area contributed by atoms with Crippen molar-refractivity contribution >= 4 is 11.3 Å². The van der Waals surface area contributed by atoms with Crippen molar-refractivity contribution in [1.29, 1.82) is 0 Å². The molecule has 1 aromatic heterocycles. The molecule has 0 radical (unpaired) electrons. The van der Waals surface area contributed by atoms with Gasteiger partial charge in [0.05, 0.1) is 0 Å². The fourth-order valence-electron chi connectivity index (χ4n) is 2.73. The molecule has 1 aliphatic heterocycles. The van der Waals surface area contributed by atoms with Gasteiger partial charge in [-0.25, -0.2) is 0 Å². The van der Waals surface area contributed by atoms with Gasteiger partial charge in [0, 0.05) is 36.6 Å². The molecule has 2 rings (SSSR count). The number of likely N-dealkylation sites (N-methyl/N-ethyl adjacent to an activating group) is 2. The van der Waals surface area contributed by atoms with Gasteiger partial charge in [0.15, 0.2) is 0 Å². The number of hydrogen-bond acceptors (Lipinski definition) is 4. The van der Waals surface area contributed by atoms with E-state index in [-0.39, 0.29) is 0 Å². The fraction of sp³-hybridized carbons (Fsp3) is 0.714. The molecule has 0 aliphatic carbocycles. The first-order valence-corrected chi connectivity index (χ1v) is 7.59. The lowest BCUT2D eigenvalue weighted by Crippen LogP contribution is -2.50. The van der Waals surface area contributed by atoms with Crippen LogP contribution in [0.15, 0.2) is 11.4 Å². The van der Waals surface area contributed by atoms with Crippen molar-refractivity contribution in [3.63, 3.8) is 0 Å². The molecule has 1 aromatic rings. The van der Waals surface area contributed by atoms with Crippen molar-refractivity contribution in [3.05, 3.63) is 21.9 Å². The molecule has 1 aliphatic rings. The Morgan fingerprint density at radius 1 is 1.44 bits per heavy atom. The highest BCUT2D eigenvalue weighted by atomic mass is 32.1. The SMILES string of the molecule is CNC(CC1CN(C)CCN1C)c1sccc1C. The van der Waals surface area contributed by atoms with Crippen LogP contribution < -0.4 is 5.32 Å². The molecular formula is C14H25N3S. The molecule has 1 saturated heterocycles. The van der Waals surface area contributed by atoms with Crippen LogP contribution in [0.25, 0.3) is 0 Å². The maximum atomic E-state index is 3.49. The summed E-state index contributed by atoms with van der Waals surface area (Å²) in [7, 11) is 6.56. The Morgan fingerprint density at radius 2 is 2.22 bits per heavy atom. The monoisotopic (exact) mass is 267 g/mol. The zero-order valence-electron chi connectivity index (χ0n) is 11.9. The van der Waals surface area contributed by atoms with Gasteiger partial charge in [0.25, 0.3) is 0 Å². The van der Waals surface area contributed by atoms with E-state index in [0.29, 0.717) is 12.1 Å². The van der Waals surface area contributed by atoms with Gasteiger partial charge in [-0.15, -0.1) is 11.3 Å². The van der Waals surface area contributed by atoms with Gasteiger partial charge < -0.3 is 15.1 Å². The van der Waals surface area contributed by atoms with E-state index in [4.69, 9.17) is 0 Å². The largest absolute Gasteiger partial charge is 0.312 e. The summed E-state index contributed by atoms with van der Waals surface area (Å²) in [6.45, 7) is 5.77. The molecule has 2 heterocycles. The first-order chi connectivity index (χ1) is 8.61. The van der Waals surface area contributed by atoms with Crippen LogP contribution in [0.5, 0.6) is 0 Å². The minimum absolute atomic E-state index is 0.490. The third-order valence-corrected chi connectivity index (χ3v) is 5.19. The molecule has 0 bridgehead atoms. The Bertz CT molecular complexity index is 377. The zero-order valence-corrected chi connectivity index (χ0v) is 12.8. The van der Waals surface area contributed by atoms with E-state index in [1.165, 1.54) is 36.5 Å². The van der Waals surface area contributed by atoms with E-state index in [1.807, 2.05) is 11.3 Å². The summed E-state index contributed by atoms with van der Waals surface area (Å²) in [5.74, 6) is 0. The summed E-state index contributed by atoms with van der Waals surface area (Å²) in [5, 5.41) is 5.69. The second kappa shape index (κ2) is 6.15. The molecule has 0 spiro atoms. The molecule has 3 nitrogen and oxygen atoms in total. The molecule has 2 atom stereocenters. The van der Waals surface area contributed by atoms with Crippen molar-refractivity contribution in [1.82, 2.24) is 15.1 Å². The maximum Gasteiger partial charge on any atom is 0.0430 e. The molecule has 1 N–H and O–H groups in total. The van der Waals surface area contributed by atoms with Crippen LogP contribution >= 0.6 is 11.3 Å². The summed E-state index contributed by atoms with van der Waals surface area (Å²) < 4.78 is 0. The van der Waals surface area contributed by atoms with E-state index in [1.54, 1.807) is 0 Å². The first kappa shape index (κ1) is 14.0. The first-order valence-electron chi connectivity index (χ1n) is 6.72. The smallest absolute Gasteiger partial charge is 0.0430 e. The highest BCUT2D eigenvalue weighted by Crippen LogP contribution is 2.28. The highest BCUT2D eigenvalue weighted by Gasteiger charge is 2.26. The van der Waals surface area contributed by atoms with E-state index in [0.717, 1.165) is 0 Å². The third kappa shape index (κ3) is 3.12. The average Bonchev–Trinajstić information content (AvgIpc) is 2.77. The van der Waals surface area contributed by atoms with Gasteiger partial charge in [-0.05, 0) is 51.5 Å². The van der Waals surface area contributed by atoms with E-state index in [9.17, 15) is 0 Å². The summed E-state index contributed by atoms with van der Waals surface area (Å²) >= 11 is 1.88. The van der Waals surface area contributed by atoms with Gasteiger partial charge in [-0.1, -0.05) is 0 Å². The second-order valence-electron chi connectivity index (χ2n) is 5.44. The number of aryl methyl sites for hydroxylation is 1. The molecular weight excluding hydrogens is 242 g/mol. The number of piperazine rings is 1. The molecule has 0 amide bonds.